The zero-order valence-corrected chi connectivity index (χ0v) is 15.7. The summed E-state index contributed by atoms with van der Waals surface area (Å²) in [5, 5.41) is 0. The highest BCUT2D eigenvalue weighted by atomic mass is 16.6. The van der Waals surface area contributed by atoms with Gasteiger partial charge in [0, 0.05) is 11.1 Å². The number of esters is 2. The maximum absolute atomic E-state index is 12.4. The number of carbonyl (C=O) groups is 2. The van der Waals surface area contributed by atoms with Crippen LogP contribution < -0.4 is 9.47 Å². The molecule has 0 bridgehead atoms. The van der Waals surface area contributed by atoms with E-state index in [0.29, 0.717) is 17.1 Å². The van der Waals surface area contributed by atoms with Crippen LogP contribution in [-0.2, 0) is 14.3 Å². The molecule has 2 aromatic rings. The summed E-state index contributed by atoms with van der Waals surface area (Å²) in [4.78, 5) is 23.7. The predicted octanol–water partition coefficient (Wildman–Crippen LogP) is 3.85. The Morgan fingerprint density at radius 3 is 2.52 bits per heavy atom. The number of ether oxygens (including phenoxy) is 3. The first kappa shape index (κ1) is 18.7. The fraction of sp³-hybridized carbons (Fsp3) is 0.273. The predicted molar refractivity (Wildman–Crippen MR) is 101 cm³/mol. The molecule has 2 aromatic carbocycles. The van der Waals surface area contributed by atoms with Gasteiger partial charge in [0.1, 0.15) is 30.6 Å². The summed E-state index contributed by atoms with van der Waals surface area (Å²) in [6.07, 6.45) is 0. The number of rotatable bonds is 6. The highest BCUT2D eigenvalue weighted by Crippen LogP contribution is 2.42. The van der Waals surface area contributed by atoms with Gasteiger partial charge < -0.3 is 14.2 Å². The molecule has 0 saturated carbocycles. The Balaban J connectivity index is 1.67. The monoisotopic (exact) mass is 366 g/mol. The van der Waals surface area contributed by atoms with Crippen LogP contribution in [0.4, 0.5) is 0 Å². The molecule has 0 spiro atoms. The van der Waals surface area contributed by atoms with E-state index >= 15 is 0 Å². The van der Waals surface area contributed by atoms with E-state index in [0.717, 1.165) is 22.3 Å². The number of hydrogen-bond donors (Lipinski definition) is 0. The maximum atomic E-state index is 12.4. The number of carbonyl (C=O) groups excluding carboxylic acids is 2. The van der Waals surface area contributed by atoms with Crippen molar-refractivity contribution in [2.45, 2.75) is 26.7 Å². The van der Waals surface area contributed by atoms with Crippen molar-refractivity contribution < 1.29 is 23.8 Å². The van der Waals surface area contributed by atoms with Gasteiger partial charge in [-0.15, -0.1) is 0 Å². The van der Waals surface area contributed by atoms with E-state index in [1.165, 1.54) is 0 Å². The third-order valence-electron chi connectivity index (χ3n) is 4.34. The molecule has 5 heteroatoms. The minimum Gasteiger partial charge on any atom is -0.490 e. The zero-order valence-electron chi connectivity index (χ0n) is 15.7. The first-order chi connectivity index (χ1) is 12.9. The summed E-state index contributed by atoms with van der Waals surface area (Å²) in [6, 6.07) is 11.3. The van der Waals surface area contributed by atoms with Crippen molar-refractivity contribution in [2.24, 2.45) is 0 Å². The van der Waals surface area contributed by atoms with Gasteiger partial charge in [0.05, 0.1) is 0 Å². The molecular weight excluding hydrogens is 344 g/mol. The van der Waals surface area contributed by atoms with Gasteiger partial charge in [0.2, 0.25) is 0 Å². The van der Waals surface area contributed by atoms with Gasteiger partial charge in [-0.3, -0.25) is 4.79 Å². The van der Waals surface area contributed by atoms with Crippen LogP contribution >= 0.6 is 0 Å². The van der Waals surface area contributed by atoms with E-state index < -0.39 is 11.9 Å². The van der Waals surface area contributed by atoms with Crippen molar-refractivity contribution in [3.63, 3.8) is 0 Å². The maximum Gasteiger partial charge on any atom is 0.333 e. The summed E-state index contributed by atoms with van der Waals surface area (Å²) < 4.78 is 16.0. The lowest BCUT2D eigenvalue weighted by molar-refractivity contribution is -0.139. The fourth-order valence-electron chi connectivity index (χ4n) is 3.12. The van der Waals surface area contributed by atoms with E-state index in [4.69, 9.17) is 14.2 Å². The van der Waals surface area contributed by atoms with Crippen molar-refractivity contribution >= 4 is 11.9 Å². The Kier molecular flexibility index (Phi) is 5.31. The van der Waals surface area contributed by atoms with Crippen molar-refractivity contribution in [1.29, 1.82) is 0 Å². The van der Waals surface area contributed by atoms with Gasteiger partial charge in [0.15, 0.2) is 0 Å². The summed E-state index contributed by atoms with van der Waals surface area (Å²) in [5.74, 6) is 0.175. The summed E-state index contributed by atoms with van der Waals surface area (Å²) in [5.41, 5.74) is 4.17. The Hall–Kier alpha value is -3.08. The van der Waals surface area contributed by atoms with Crippen molar-refractivity contribution in [3.8, 4) is 11.5 Å². The normalized spacial score (nSPS) is 15.1. The second kappa shape index (κ2) is 7.66. The third-order valence-corrected chi connectivity index (χ3v) is 4.34. The molecule has 1 atom stereocenters. The first-order valence-electron chi connectivity index (χ1n) is 8.75. The molecule has 1 aliphatic rings. The minimum atomic E-state index is -0.432. The average molecular weight is 366 g/mol. The number of fused-ring (bicyclic) bond motifs is 1. The number of hydrogen-bond acceptors (Lipinski definition) is 5. The zero-order chi connectivity index (χ0) is 19.6. The van der Waals surface area contributed by atoms with Crippen LogP contribution in [0.3, 0.4) is 0 Å². The van der Waals surface area contributed by atoms with Crippen LogP contribution in [0, 0.1) is 13.8 Å². The van der Waals surface area contributed by atoms with Gasteiger partial charge in [-0.2, -0.15) is 0 Å². The topological polar surface area (TPSA) is 61.8 Å². The number of benzene rings is 2. The van der Waals surface area contributed by atoms with Gasteiger partial charge in [0.25, 0.3) is 0 Å². The first-order valence-corrected chi connectivity index (χ1v) is 8.75. The lowest BCUT2D eigenvalue weighted by Gasteiger charge is -2.11. The second-order valence-corrected chi connectivity index (χ2v) is 6.69. The molecule has 0 fully saturated rings. The van der Waals surface area contributed by atoms with Gasteiger partial charge in [-0.25, -0.2) is 4.79 Å². The van der Waals surface area contributed by atoms with Crippen LogP contribution in [-0.4, -0.2) is 25.2 Å². The highest BCUT2D eigenvalue weighted by Gasteiger charge is 2.35. The smallest absolute Gasteiger partial charge is 0.333 e. The van der Waals surface area contributed by atoms with E-state index in [1.54, 1.807) is 19.1 Å². The molecule has 3 rings (SSSR count). The van der Waals surface area contributed by atoms with Crippen molar-refractivity contribution in [2.75, 3.05) is 13.2 Å². The molecule has 27 heavy (non-hydrogen) atoms. The molecule has 140 valence electrons. The molecule has 0 N–H and O–H groups in total. The minimum absolute atomic E-state index is 0.147. The summed E-state index contributed by atoms with van der Waals surface area (Å²) >= 11 is 0. The molecule has 0 saturated heterocycles. The fourth-order valence-corrected chi connectivity index (χ4v) is 3.12. The Morgan fingerprint density at radius 1 is 1.15 bits per heavy atom. The molecule has 5 nitrogen and oxygen atoms in total. The molecule has 1 heterocycles. The third kappa shape index (κ3) is 4.03. The van der Waals surface area contributed by atoms with Crippen LogP contribution in [0.1, 0.15) is 35.1 Å². The van der Waals surface area contributed by atoms with Crippen molar-refractivity contribution in [3.05, 3.63) is 70.8 Å². The van der Waals surface area contributed by atoms with E-state index in [1.807, 2.05) is 38.1 Å². The average Bonchev–Trinajstić information content (AvgIpc) is 2.95. The van der Waals surface area contributed by atoms with E-state index in [-0.39, 0.29) is 19.2 Å². The van der Waals surface area contributed by atoms with E-state index in [2.05, 4.69) is 6.58 Å². The molecule has 0 aliphatic carbocycles. The Morgan fingerprint density at radius 2 is 1.85 bits per heavy atom. The van der Waals surface area contributed by atoms with Gasteiger partial charge >= 0.3 is 11.9 Å². The number of aryl methyl sites for hydroxylation is 2. The lowest BCUT2D eigenvalue weighted by Crippen LogP contribution is -2.13. The summed E-state index contributed by atoms with van der Waals surface area (Å²) in [6.45, 7) is 9.45. The molecule has 0 aromatic heterocycles. The van der Waals surface area contributed by atoms with Gasteiger partial charge in [-0.05, 0) is 44.0 Å². The molecule has 1 aliphatic heterocycles. The van der Waals surface area contributed by atoms with Crippen LogP contribution in [0.5, 0.6) is 11.5 Å². The molecular formula is C22H22O5. The van der Waals surface area contributed by atoms with Crippen molar-refractivity contribution in [1.82, 2.24) is 0 Å². The molecule has 0 radical (unpaired) electrons. The SMILES string of the molecule is C=C(C)C(=O)OCCOc1ccc(C2C(=O)Oc3c(C)cc(C)cc32)cc1. The largest absolute Gasteiger partial charge is 0.490 e. The van der Waals surface area contributed by atoms with Crippen LogP contribution in [0.25, 0.3) is 0 Å². The van der Waals surface area contributed by atoms with Crippen LogP contribution in [0.2, 0.25) is 0 Å². The highest BCUT2D eigenvalue weighted by molar-refractivity contribution is 5.90. The summed E-state index contributed by atoms with van der Waals surface area (Å²) in [7, 11) is 0. The lowest BCUT2D eigenvalue weighted by atomic mass is 9.90. The molecule has 1 unspecified atom stereocenters. The second-order valence-electron chi connectivity index (χ2n) is 6.69. The quantitative estimate of drug-likeness (QED) is 0.336. The Labute approximate surface area is 158 Å². The Bertz CT molecular complexity index is 896. The van der Waals surface area contributed by atoms with Crippen LogP contribution in [0.15, 0.2) is 48.6 Å². The van der Waals surface area contributed by atoms with Gasteiger partial charge in [-0.1, -0.05) is 36.4 Å². The standard InChI is InChI=1S/C22H22O5/c1-13(2)21(23)26-10-9-25-17-7-5-16(6-8-17)19-18-12-14(3)11-15(4)20(18)27-22(19)24/h5-8,11-12,19H,1,9-10H2,2-4H3. The van der Waals surface area contributed by atoms with E-state index in [9.17, 15) is 9.59 Å². The molecule has 0 amide bonds.